The molecule has 0 aliphatic rings. The summed E-state index contributed by atoms with van der Waals surface area (Å²) in [7, 11) is -3.56. The first-order chi connectivity index (χ1) is 9.01. The summed E-state index contributed by atoms with van der Waals surface area (Å²) in [5.41, 5.74) is 1.50. The van der Waals surface area contributed by atoms with Crippen molar-refractivity contribution in [2.24, 2.45) is 0 Å². The van der Waals surface area contributed by atoms with Gasteiger partial charge in [0.1, 0.15) is 0 Å². The summed E-state index contributed by atoms with van der Waals surface area (Å²) in [6.07, 6.45) is 0. The molecule has 0 saturated heterocycles. The van der Waals surface area contributed by atoms with E-state index in [1.807, 2.05) is 0 Å². The summed E-state index contributed by atoms with van der Waals surface area (Å²) in [4.78, 5) is 0.229. The van der Waals surface area contributed by atoms with Gasteiger partial charge in [-0.2, -0.15) is 0 Å². The minimum atomic E-state index is -3.56. The van der Waals surface area contributed by atoms with Gasteiger partial charge in [0.25, 0.3) is 10.0 Å². The van der Waals surface area contributed by atoms with E-state index in [1.54, 1.807) is 48.5 Å². The molecular formula is C13H11BrClNO2S. The number of halogens is 2. The maximum Gasteiger partial charge on any atom is 0.261 e. The van der Waals surface area contributed by atoms with E-state index in [2.05, 4.69) is 20.7 Å². The highest BCUT2D eigenvalue weighted by Gasteiger charge is 2.13. The zero-order valence-electron chi connectivity index (χ0n) is 9.81. The van der Waals surface area contributed by atoms with Gasteiger partial charge in [0.2, 0.25) is 0 Å². The van der Waals surface area contributed by atoms with Crippen LogP contribution in [-0.2, 0) is 15.4 Å². The molecule has 0 aliphatic heterocycles. The molecule has 100 valence electrons. The molecule has 0 saturated carbocycles. The molecule has 0 amide bonds. The van der Waals surface area contributed by atoms with Crippen LogP contribution < -0.4 is 4.72 Å². The van der Waals surface area contributed by atoms with Gasteiger partial charge in [-0.05, 0) is 42.0 Å². The largest absolute Gasteiger partial charge is 0.280 e. The van der Waals surface area contributed by atoms with E-state index >= 15 is 0 Å². The van der Waals surface area contributed by atoms with E-state index in [4.69, 9.17) is 11.6 Å². The molecule has 0 aliphatic carbocycles. The lowest BCUT2D eigenvalue weighted by Gasteiger charge is -2.08. The van der Waals surface area contributed by atoms with Gasteiger partial charge >= 0.3 is 0 Å². The van der Waals surface area contributed by atoms with Gasteiger partial charge < -0.3 is 0 Å². The standard InChI is InChI=1S/C13H11BrClNO2S/c14-9-10-1-7-13(8-2-10)19(17,18)16-12-5-3-11(15)4-6-12/h1-8,16H,9H2. The lowest BCUT2D eigenvalue weighted by molar-refractivity contribution is 0.601. The van der Waals surface area contributed by atoms with Crippen LogP contribution in [0.15, 0.2) is 53.4 Å². The molecule has 0 spiro atoms. The van der Waals surface area contributed by atoms with Crippen molar-refractivity contribution in [3.63, 3.8) is 0 Å². The Morgan fingerprint density at radius 3 is 2.11 bits per heavy atom. The van der Waals surface area contributed by atoms with E-state index < -0.39 is 10.0 Å². The number of hydrogen-bond acceptors (Lipinski definition) is 2. The Balaban J connectivity index is 2.24. The van der Waals surface area contributed by atoms with Crippen LogP contribution in [0.1, 0.15) is 5.56 Å². The molecule has 19 heavy (non-hydrogen) atoms. The van der Waals surface area contributed by atoms with Gasteiger partial charge in [-0.25, -0.2) is 8.42 Å². The van der Waals surface area contributed by atoms with Crippen LogP contribution in [0.25, 0.3) is 0 Å². The summed E-state index contributed by atoms with van der Waals surface area (Å²) in [6.45, 7) is 0. The number of nitrogens with one attached hydrogen (secondary N) is 1. The van der Waals surface area contributed by atoms with Crippen LogP contribution in [-0.4, -0.2) is 8.42 Å². The molecule has 0 fully saturated rings. The number of benzene rings is 2. The molecule has 0 radical (unpaired) electrons. The smallest absolute Gasteiger partial charge is 0.261 e. The monoisotopic (exact) mass is 359 g/mol. The zero-order valence-corrected chi connectivity index (χ0v) is 13.0. The SMILES string of the molecule is O=S(=O)(Nc1ccc(Cl)cc1)c1ccc(CBr)cc1. The first kappa shape index (κ1) is 14.4. The van der Waals surface area contributed by atoms with Gasteiger partial charge in [-0.15, -0.1) is 0 Å². The molecular weight excluding hydrogens is 350 g/mol. The summed E-state index contributed by atoms with van der Waals surface area (Å²) in [5, 5.41) is 1.25. The average Bonchev–Trinajstić information content (AvgIpc) is 2.41. The van der Waals surface area contributed by atoms with Crippen LogP contribution in [0.2, 0.25) is 5.02 Å². The first-order valence-corrected chi connectivity index (χ1v) is 8.43. The molecule has 2 rings (SSSR count). The van der Waals surface area contributed by atoms with Crippen LogP contribution in [0.5, 0.6) is 0 Å². The van der Waals surface area contributed by atoms with E-state index in [0.717, 1.165) is 5.56 Å². The Labute approximate surface area is 125 Å². The van der Waals surface area contributed by atoms with Crippen LogP contribution >= 0.6 is 27.5 Å². The molecule has 0 aromatic heterocycles. The normalized spacial score (nSPS) is 11.3. The lowest BCUT2D eigenvalue weighted by atomic mass is 10.2. The lowest BCUT2D eigenvalue weighted by Crippen LogP contribution is -2.12. The van der Waals surface area contributed by atoms with Gasteiger partial charge in [0.15, 0.2) is 0 Å². The van der Waals surface area contributed by atoms with Crippen molar-refractivity contribution >= 4 is 43.2 Å². The molecule has 0 heterocycles. The number of alkyl halides is 1. The molecule has 0 unspecified atom stereocenters. The van der Waals surface area contributed by atoms with Gasteiger partial charge in [-0.1, -0.05) is 39.7 Å². The fourth-order valence-electron chi connectivity index (χ4n) is 1.49. The van der Waals surface area contributed by atoms with Crippen molar-refractivity contribution in [2.75, 3.05) is 4.72 Å². The van der Waals surface area contributed by atoms with Crippen molar-refractivity contribution in [1.29, 1.82) is 0 Å². The Kier molecular flexibility index (Phi) is 4.50. The number of sulfonamides is 1. The number of rotatable bonds is 4. The van der Waals surface area contributed by atoms with Crippen LogP contribution in [0, 0.1) is 0 Å². The topological polar surface area (TPSA) is 46.2 Å². The van der Waals surface area contributed by atoms with Gasteiger partial charge in [0, 0.05) is 16.0 Å². The molecule has 3 nitrogen and oxygen atoms in total. The third-order valence-electron chi connectivity index (χ3n) is 2.48. The average molecular weight is 361 g/mol. The Bertz CT molecular complexity index is 654. The molecule has 2 aromatic rings. The van der Waals surface area contributed by atoms with Crippen molar-refractivity contribution in [3.8, 4) is 0 Å². The zero-order chi connectivity index (χ0) is 13.9. The highest BCUT2D eigenvalue weighted by molar-refractivity contribution is 9.08. The van der Waals surface area contributed by atoms with E-state index in [-0.39, 0.29) is 4.90 Å². The maximum atomic E-state index is 12.1. The Morgan fingerprint density at radius 2 is 1.58 bits per heavy atom. The highest BCUT2D eigenvalue weighted by Crippen LogP contribution is 2.19. The first-order valence-electron chi connectivity index (χ1n) is 5.44. The minimum Gasteiger partial charge on any atom is -0.280 e. The third-order valence-corrected chi connectivity index (χ3v) is 4.78. The molecule has 2 aromatic carbocycles. The van der Waals surface area contributed by atoms with E-state index in [0.29, 0.717) is 16.0 Å². The summed E-state index contributed by atoms with van der Waals surface area (Å²) >= 11 is 9.07. The Morgan fingerprint density at radius 1 is 1.00 bits per heavy atom. The van der Waals surface area contributed by atoms with Crippen molar-refractivity contribution in [3.05, 3.63) is 59.1 Å². The Hall–Kier alpha value is -1.04. The van der Waals surface area contributed by atoms with Crippen molar-refractivity contribution in [1.82, 2.24) is 0 Å². The van der Waals surface area contributed by atoms with Crippen molar-refractivity contribution in [2.45, 2.75) is 10.2 Å². The van der Waals surface area contributed by atoms with Gasteiger partial charge in [0.05, 0.1) is 4.90 Å². The molecule has 6 heteroatoms. The predicted octanol–water partition coefficient (Wildman–Crippen LogP) is 4.04. The second kappa shape index (κ2) is 5.94. The number of hydrogen-bond donors (Lipinski definition) is 1. The fourth-order valence-corrected chi connectivity index (χ4v) is 3.05. The minimum absolute atomic E-state index is 0.229. The molecule has 1 N–H and O–H groups in total. The van der Waals surface area contributed by atoms with Crippen LogP contribution in [0.3, 0.4) is 0 Å². The highest BCUT2D eigenvalue weighted by atomic mass is 79.9. The summed E-state index contributed by atoms with van der Waals surface area (Å²) in [6, 6.07) is 13.2. The quantitative estimate of drug-likeness (QED) is 0.837. The van der Waals surface area contributed by atoms with E-state index in [9.17, 15) is 8.42 Å². The van der Waals surface area contributed by atoms with Gasteiger partial charge in [-0.3, -0.25) is 4.72 Å². The predicted molar refractivity (Wildman–Crippen MR) is 81.3 cm³/mol. The number of anilines is 1. The summed E-state index contributed by atoms with van der Waals surface area (Å²) < 4.78 is 26.8. The van der Waals surface area contributed by atoms with Crippen molar-refractivity contribution < 1.29 is 8.42 Å². The van der Waals surface area contributed by atoms with E-state index in [1.165, 1.54) is 0 Å². The fraction of sp³-hybridized carbons (Fsp3) is 0.0769. The second-order valence-electron chi connectivity index (χ2n) is 3.89. The molecule has 0 bridgehead atoms. The molecule has 0 atom stereocenters. The third kappa shape index (κ3) is 3.72. The summed E-state index contributed by atoms with van der Waals surface area (Å²) in [5.74, 6) is 0. The van der Waals surface area contributed by atoms with Crippen LogP contribution in [0.4, 0.5) is 5.69 Å². The maximum absolute atomic E-state index is 12.1. The second-order valence-corrected chi connectivity index (χ2v) is 6.57.